The van der Waals surface area contributed by atoms with Crippen molar-refractivity contribution in [2.75, 3.05) is 39.3 Å². The van der Waals surface area contributed by atoms with E-state index in [1.54, 1.807) is 0 Å². The fraction of sp³-hybridized carbons (Fsp3) is 1.00. The minimum Gasteiger partial charge on any atom is -0.351 e. The third-order valence-corrected chi connectivity index (χ3v) is 4.44. The van der Waals surface area contributed by atoms with Crippen LogP contribution in [0.1, 0.15) is 26.2 Å². The van der Waals surface area contributed by atoms with Crippen molar-refractivity contribution in [2.24, 2.45) is 0 Å². The zero-order chi connectivity index (χ0) is 11.1. The lowest BCUT2D eigenvalue weighted by molar-refractivity contribution is -0.233. The van der Waals surface area contributed by atoms with E-state index in [0.29, 0.717) is 0 Å². The summed E-state index contributed by atoms with van der Waals surface area (Å²) in [6.45, 7) is 8.98. The van der Waals surface area contributed by atoms with Gasteiger partial charge in [0.05, 0.1) is 5.60 Å². The van der Waals surface area contributed by atoms with Gasteiger partial charge in [-0.15, -0.1) is 0 Å². The van der Waals surface area contributed by atoms with Gasteiger partial charge < -0.3 is 15.0 Å². The standard InChI is InChI=1S/C12H23N3O/c1-2-15-7-4-12(5-8-15)14-6-3-11(16-12)9-13-10-11/h13-14H,2-10H2,1H3. The second-order valence-corrected chi connectivity index (χ2v) is 5.49. The minimum absolute atomic E-state index is 0.00792. The van der Waals surface area contributed by atoms with Crippen LogP contribution >= 0.6 is 0 Å². The first kappa shape index (κ1) is 11.0. The summed E-state index contributed by atoms with van der Waals surface area (Å²) in [5.74, 6) is 0. The van der Waals surface area contributed by atoms with Crippen molar-refractivity contribution < 1.29 is 4.74 Å². The molecule has 0 aromatic carbocycles. The molecule has 4 heteroatoms. The van der Waals surface area contributed by atoms with Gasteiger partial charge in [-0.05, 0) is 13.0 Å². The van der Waals surface area contributed by atoms with Crippen LogP contribution in [0.3, 0.4) is 0 Å². The summed E-state index contributed by atoms with van der Waals surface area (Å²) in [7, 11) is 0. The number of piperidine rings is 1. The Morgan fingerprint density at radius 1 is 1.19 bits per heavy atom. The highest BCUT2D eigenvalue weighted by atomic mass is 16.5. The molecule has 2 spiro atoms. The lowest BCUT2D eigenvalue weighted by Gasteiger charge is -2.55. The Hall–Kier alpha value is -0.160. The van der Waals surface area contributed by atoms with Crippen LogP contribution in [0.25, 0.3) is 0 Å². The van der Waals surface area contributed by atoms with E-state index in [0.717, 1.165) is 32.5 Å². The van der Waals surface area contributed by atoms with E-state index in [9.17, 15) is 0 Å². The summed E-state index contributed by atoms with van der Waals surface area (Å²) < 4.78 is 6.43. The average Bonchev–Trinajstić information content (AvgIpc) is 2.28. The molecule has 0 amide bonds. The fourth-order valence-electron chi connectivity index (χ4n) is 3.18. The van der Waals surface area contributed by atoms with Crippen LogP contribution in [0.5, 0.6) is 0 Å². The Morgan fingerprint density at radius 2 is 1.94 bits per heavy atom. The summed E-state index contributed by atoms with van der Waals surface area (Å²) >= 11 is 0. The smallest absolute Gasteiger partial charge is 0.122 e. The van der Waals surface area contributed by atoms with E-state index in [4.69, 9.17) is 4.74 Å². The van der Waals surface area contributed by atoms with Crippen LogP contribution < -0.4 is 10.6 Å². The number of rotatable bonds is 1. The van der Waals surface area contributed by atoms with Crippen LogP contribution in [0.15, 0.2) is 0 Å². The van der Waals surface area contributed by atoms with Crippen LogP contribution in [0, 0.1) is 0 Å². The molecule has 0 bridgehead atoms. The van der Waals surface area contributed by atoms with Crippen molar-refractivity contribution >= 4 is 0 Å². The zero-order valence-corrected chi connectivity index (χ0v) is 10.2. The maximum Gasteiger partial charge on any atom is 0.122 e. The molecule has 3 fully saturated rings. The number of likely N-dealkylation sites (tertiary alicyclic amines) is 1. The Labute approximate surface area is 97.7 Å². The van der Waals surface area contributed by atoms with Crippen molar-refractivity contribution in [3.05, 3.63) is 0 Å². The van der Waals surface area contributed by atoms with E-state index in [1.807, 2.05) is 0 Å². The van der Waals surface area contributed by atoms with Gasteiger partial charge in [0.25, 0.3) is 0 Å². The summed E-state index contributed by atoms with van der Waals surface area (Å²) in [6, 6.07) is 0. The number of nitrogens with zero attached hydrogens (tertiary/aromatic N) is 1. The monoisotopic (exact) mass is 225 g/mol. The first-order valence-corrected chi connectivity index (χ1v) is 6.64. The Bertz CT molecular complexity index is 257. The molecule has 3 aliphatic rings. The van der Waals surface area contributed by atoms with Gasteiger partial charge in [-0.25, -0.2) is 0 Å². The molecule has 2 N–H and O–H groups in total. The predicted octanol–water partition coefficient (Wildman–Crippen LogP) is 0.150. The van der Waals surface area contributed by atoms with Gasteiger partial charge in [0.1, 0.15) is 5.72 Å². The van der Waals surface area contributed by atoms with Crippen molar-refractivity contribution in [3.8, 4) is 0 Å². The predicted molar refractivity (Wildman–Crippen MR) is 63.4 cm³/mol. The maximum absolute atomic E-state index is 6.43. The molecule has 3 rings (SSSR count). The van der Waals surface area contributed by atoms with E-state index < -0.39 is 0 Å². The largest absolute Gasteiger partial charge is 0.351 e. The van der Waals surface area contributed by atoms with Crippen LogP contribution in [0.2, 0.25) is 0 Å². The highest BCUT2D eigenvalue weighted by Crippen LogP contribution is 2.35. The van der Waals surface area contributed by atoms with Crippen LogP contribution in [-0.2, 0) is 4.74 Å². The quantitative estimate of drug-likeness (QED) is 0.666. The zero-order valence-electron chi connectivity index (χ0n) is 10.2. The van der Waals surface area contributed by atoms with Gasteiger partial charge in [0, 0.05) is 45.6 Å². The molecule has 0 radical (unpaired) electrons. The summed E-state index contributed by atoms with van der Waals surface area (Å²) in [4.78, 5) is 2.51. The van der Waals surface area contributed by atoms with Crippen molar-refractivity contribution in [1.29, 1.82) is 0 Å². The first-order valence-electron chi connectivity index (χ1n) is 6.64. The number of ether oxygens (including phenoxy) is 1. The molecule has 0 aromatic heterocycles. The second kappa shape index (κ2) is 3.95. The second-order valence-electron chi connectivity index (χ2n) is 5.49. The Kier molecular flexibility index (Phi) is 2.70. The fourth-order valence-corrected chi connectivity index (χ4v) is 3.18. The normalized spacial score (nSPS) is 32.8. The van der Waals surface area contributed by atoms with E-state index in [-0.39, 0.29) is 11.3 Å². The molecule has 16 heavy (non-hydrogen) atoms. The molecule has 3 heterocycles. The van der Waals surface area contributed by atoms with Crippen molar-refractivity contribution in [1.82, 2.24) is 15.5 Å². The average molecular weight is 225 g/mol. The highest BCUT2D eigenvalue weighted by Gasteiger charge is 2.49. The Morgan fingerprint density at radius 3 is 2.50 bits per heavy atom. The third kappa shape index (κ3) is 1.78. The molecule has 0 unspecified atom stereocenters. The van der Waals surface area contributed by atoms with Gasteiger partial charge in [0.2, 0.25) is 0 Å². The van der Waals surface area contributed by atoms with Crippen LogP contribution in [0.4, 0.5) is 0 Å². The number of nitrogens with one attached hydrogen (secondary N) is 2. The molecule has 0 aliphatic carbocycles. The van der Waals surface area contributed by atoms with E-state index in [2.05, 4.69) is 22.5 Å². The molecular weight excluding hydrogens is 202 g/mol. The topological polar surface area (TPSA) is 36.5 Å². The lowest BCUT2D eigenvalue weighted by atomic mass is 9.87. The van der Waals surface area contributed by atoms with Gasteiger partial charge in [-0.1, -0.05) is 6.92 Å². The molecule has 4 nitrogen and oxygen atoms in total. The first-order chi connectivity index (χ1) is 7.76. The van der Waals surface area contributed by atoms with E-state index >= 15 is 0 Å². The number of hydrogen-bond acceptors (Lipinski definition) is 4. The highest BCUT2D eigenvalue weighted by molar-refractivity contribution is 5.02. The summed E-state index contributed by atoms with van der Waals surface area (Å²) in [6.07, 6.45) is 3.45. The Balaban J connectivity index is 1.65. The van der Waals surface area contributed by atoms with Gasteiger partial charge in [-0.2, -0.15) is 0 Å². The third-order valence-electron chi connectivity index (χ3n) is 4.44. The SMILES string of the molecule is CCN1CCC2(CC1)NCCC1(CNC1)O2. The van der Waals surface area contributed by atoms with Gasteiger partial charge >= 0.3 is 0 Å². The van der Waals surface area contributed by atoms with Crippen molar-refractivity contribution in [2.45, 2.75) is 37.5 Å². The number of hydrogen-bond donors (Lipinski definition) is 2. The van der Waals surface area contributed by atoms with E-state index in [1.165, 1.54) is 26.1 Å². The summed E-state index contributed by atoms with van der Waals surface area (Å²) in [5, 5.41) is 6.98. The summed E-state index contributed by atoms with van der Waals surface area (Å²) in [5.41, 5.74) is 0.158. The maximum atomic E-state index is 6.43. The van der Waals surface area contributed by atoms with Gasteiger partial charge in [0.15, 0.2) is 0 Å². The van der Waals surface area contributed by atoms with Gasteiger partial charge in [-0.3, -0.25) is 5.32 Å². The van der Waals surface area contributed by atoms with Crippen molar-refractivity contribution in [3.63, 3.8) is 0 Å². The molecule has 3 aliphatic heterocycles. The van der Waals surface area contributed by atoms with Crippen LogP contribution in [-0.4, -0.2) is 55.5 Å². The molecular formula is C12H23N3O. The molecule has 0 saturated carbocycles. The molecule has 92 valence electrons. The molecule has 0 atom stereocenters. The molecule has 0 aromatic rings. The molecule has 3 saturated heterocycles. The minimum atomic E-state index is -0.00792. The lowest BCUT2D eigenvalue weighted by Crippen LogP contribution is -2.72.